The second-order valence-electron chi connectivity index (χ2n) is 3.18. The van der Waals surface area contributed by atoms with Crippen LogP contribution < -0.4 is 5.32 Å². The van der Waals surface area contributed by atoms with Crippen molar-refractivity contribution in [3.05, 3.63) is 23.7 Å². The molecule has 2 N–H and O–H groups in total. The van der Waals surface area contributed by atoms with Crippen molar-refractivity contribution in [2.24, 2.45) is 0 Å². The normalized spacial score (nSPS) is 16.8. The molecular weight excluding hydrogens is 154 g/mol. The van der Waals surface area contributed by atoms with Crippen LogP contribution in [-0.4, -0.2) is 11.1 Å². The lowest BCUT2D eigenvalue weighted by atomic mass is 10.4. The van der Waals surface area contributed by atoms with Gasteiger partial charge in [-0.3, -0.25) is 0 Å². The maximum atomic E-state index is 8.73. The Hall–Kier alpha value is -0.800. The molecule has 1 aromatic rings. The summed E-state index contributed by atoms with van der Waals surface area (Å²) in [7, 11) is 0. The first kappa shape index (κ1) is 7.83. The Kier molecular flexibility index (Phi) is 2.15. The summed E-state index contributed by atoms with van der Waals surface area (Å²) in [6.07, 6.45) is 2.57. The van der Waals surface area contributed by atoms with Gasteiger partial charge in [0.05, 0.1) is 6.54 Å². The monoisotopic (exact) mass is 167 g/mol. The molecule has 66 valence electrons. The van der Waals surface area contributed by atoms with Gasteiger partial charge in [-0.15, -0.1) is 0 Å². The van der Waals surface area contributed by atoms with E-state index in [2.05, 4.69) is 5.32 Å². The molecule has 1 saturated carbocycles. The molecule has 3 nitrogen and oxygen atoms in total. The van der Waals surface area contributed by atoms with Gasteiger partial charge in [0.25, 0.3) is 0 Å². The molecule has 2 rings (SSSR count). The number of rotatable bonds is 4. The van der Waals surface area contributed by atoms with Gasteiger partial charge in [0, 0.05) is 6.04 Å². The highest BCUT2D eigenvalue weighted by atomic mass is 16.4. The average Bonchev–Trinajstić information content (AvgIpc) is 2.81. The minimum absolute atomic E-state index is 0.0105. The molecule has 0 saturated heterocycles. The number of nitrogens with one attached hydrogen (secondary N) is 1. The largest absolute Gasteiger partial charge is 0.462 e. The highest BCUT2D eigenvalue weighted by Gasteiger charge is 2.20. The number of aliphatic hydroxyl groups is 1. The molecule has 1 aromatic heterocycles. The molecular formula is C9H13NO2. The minimum atomic E-state index is -0.0105. The van der Waals surface area contributed by atoms with E-state index in [1.807, 2.05) is 12.1 Å². The van der Waals surface area contributed by atoms with E-state index in [4.69, 9.17) is 9.52 Å². The fourth-order valence-corrected chi connectivity index (χ4v) is 1.13. The lowest BCUT2D eigenvalue weighted by Crippen LogP contribution is -2.14. The molecule has 0 aromatic carbocycles. The Bertz CT molecular complexity index is 253. The zero-order valence-electron chi connectivity index (χ0n) is 6.92. The standard InChI is InChI=1S/C9H13NO2/c11-6-9-4-3-8(12-9)5-10-7-1-2-7/h3-4,7,10-11H,1-2,5-6H2. The van der Waals surface area contributed by atoms with E-state index < -0.39 is 0 Å². The van der Waals surface area contributed by atoms with Gasteiger partial charge in [-0.25, -0.2) is 0 Å². The molecule has 0 atom stereocenters. The van der Waals surface area contributed by atoms with E-state index >= 15 is 0 Å². The van der Waals surface area contributed by atoms with Crippen LogP contribution in [0, 0.1) is 0 Å². The molecule has 12 heavy (non-hydrogen) atoms. The van der Waals surface area contributed by atoms with Crippen LogP contribution in [-0.2, 0) is 13.2 Å². The van der Waals surface area contributed by atoms with E-state index in [0.29, 0.717) is 11.8 Å². The van der Waals surface area contributed by atoms with Crippen molar-refractivity contribution in [2.45, 2.75) is 32.0 Å². The van der Waals surface area contributed by atoms with E-state index in [0.717, 1.165) is 12.3 Å². The first-order valence-corrected chi connectivity index (χ1v) is 4.30. The van der Waals surface area contributed by atoms with Crippen LogP contribution in [0.3, 0.4) is 0 Å². The number of furan rings is 1. The lowest BCUT2D eigenvalue weighted by molar-refractivity contribution is 0.242. The van der Waals surface area contributed by atoms with Crippen LogP contribution in [0.25, 0.3) is 0 Å². The van der Waals surface area contributed by atoms with Gasteiger partial charge in [-0.1, -0.05) is 0 Å². The molecule has 0 aliphatic heterocycles. The second kappa shape index (κ2) is 3.29. The Balaban J connectivity index is 1.84. The maximum absolute atomic E-state index is 8.73. The molecule has 1 fully saturated rings. The van der Waals surface area contributed by atoms with Crippen molar-refractivity contribution in [1.29, 1.82) is 0 Å². The van der Waals surface area contributed by atoms with Crippen molar-refractivity contribution < 1.29 is 9.52 Å². The van der Waals surface area contributed by atoms with Crippen molar-refractivity contribution in [1.82, 2.24) is 5.32 Å². The highest BCUT2D eigenvalue weighted by molar-refractivity contribution is 5.06. The smallest absolute Gasteiger partial charge is 0.129 e. The Morgan fingerprint density at radius 3 is 2.75 bits per heavy atom. The Morgan fingerprint density at radius 1 is 1.42 bits per heavy atom. The quantitative estimate of drug-likeness (QED) is 0.703. The minimum Gasteiger partial charge on any atom is -0.462 e. The topological polar surface area (TPSA) is 45.4 Å². The molecule has 1 heterocycles. The average molecular weight is 167 g/mol. The zero-order chi connectivity index (χ0) is 8.39. The van der Waals surface area contributed by atoms with Crippen LogP contribution in [0.1, 0.15) is 24.4 Å². The Morgan fingerprint density at radius 2 is 2.17 bits per heavy atom. The third-order valence-electron chi connectivity index (χ3n) is 2.02. The lowest BCUT2D eigenvalue weighted by Gasteiger charge is -1.97. The fraction of sp³-hybridized carbons (Fsp3) is 0.556. The maximum Gasteiger partial charge on any atom is 0.129 e. The predicted molar refractivity (Wildman–Crippen MR) is 44.5 cm³/mol. The van der Waals surface area contributed by atoms with Gasteiger partial charge in [0.1, 0.15) is 18.1 Å². The van der Waals surface area contributed by atoms with E-state index in [9.17, 15) is 0 Å². The van der Waals surface area contributed by atoms with Gasteiger partial charge in [0.2, 0.25) is 0 Å². The van der Waals surface area contributed by atoms with Crippen molar-refractivity contribution >= 4 is 0 Å². The van der Waals surface area contributed by atoms with E-state index in [1.54, 1.807) is 0 Å². The summed E-state index contributed by atoms with van der Waals surface area (Å²) in [5.41, 5.74) is 0. The predicted octanol–water partition coefficient (Wildman–Crippen LogP) is 1.02. The summed E-state index contributed by atoms with van der Waals surface area (Å²) >= 11 is 0. The van der Waals surface area contributed by atoms with Crippen LogP contribution in [0.15, 0.2) is 16.5 Å². The van der Waals surface area contributed by atoms with Gasteiger partial charge < -0.3 is 14.8 Å². The SMILES string of the molecule is OCc1ccc(CNC2CC2)o1. The molecule has 1 aliphatic rings. The van der Waals surface area contributed by atoms with Gasteiger partial charge >= 0.3 is 0 Å². The van der Waals surface area contributed by atoms with Crippen molar-refractivity contribution in [3.8, 4) is 0 Å². The van der Waals surface area contributed by atoms with Crippen LogP contribution in [0.2, 0.25) is 0 Å². The van der Waals surface area contributed by atoms with Gasteiger partial charge in [-0.05, 0) is 25.0 Å². The Labute approximate surface area is 71.4 Å². The third-order valence-corrected chi connectivity index (χ3v) is 2.02. The summed E-state index contributed by atoms with van der Waals surface area (Å²) in [5.74, 6) is 1.55. The molecule has 0 spiro atoms. The summed E-state index contributed by atoms with van der Waals surface area (Å²) in [6, 6.07) is 4.41. The van der Waals surface area contributed by atoms with Crippen LogP contribution in [0.4, 0.5) is 0 Å². The van der Waals surface area contributed by atoms with Crippen molar-refractivity contribution in [3.63, 3.8) is 0 Å². The summed E-state index contributed by atoms with van der Waals surface area (Å²) in [6.45, 7) is 0.772. The summed E-state index contributed by atoms with van der Waals surface area (Å²) < 4.78 is 5.30. The molecule has 0 unspecified atom stereocenters. The molecule has 0 amide bonds. The molecule has 3 heteroatoms. The number of hydrogen-bond acceptors (Lipinski definition) is 3. The summed E-state index contributed by atoms with van der Waals surface area (Å²) in [4.78, 5) is 0. The number of aliphatic hydroxyl groups excluding tert-OH is 1. The fourth-order valence-electron chi connectivity index (χ4n) is 1.13. The molecule has 0 radical (unpaired) electrons. The third kappa shape index (κ3) is 1.87. The second-order valence-corrected chi connectivity index (χ2v) is 3.18. The first-order valence-electron chi connectivity index (χ1n) is 4.30. The van der Waals surface area contributed by atoms with Crippen molar-refractivity contribution in [2.75, 3.05) is 0 Å². The zero-order valence-corrected chi connectivity index (χ0v) is 6.92. The van der Waals surface area contributed by atoms with E-state index in [1.165, 1.54) is 12.8 Å². The summed E-state index contributed by atoms with van der Waals surface area (Å²) in [5, 5.41) is 12.1. The van der Waals surface area contributed by atoms with Gasteiger partial charge in [-0.2, -0.15) is 0 Å². The van der Waals surface area contributed by atoms with Crippen LogP contribution in [0.5, 0.6) is 0 Å². The molecule has 0 bridgehead atoms. The van der Waals surface area contributed by atoms with Gasteiger partial charge in [0.15, 0.2) is 0 Å². The first-order chi connectivity index (χ1) is 5.88. The molecule has 1 aliphatic carbocycles. The highest BCUT2D eigenvalue weighted by Crippen LogP contribution is 2.19. The number of hydrogen-bond donors (Lipinski definition) is 2. The van der Waals surface area contributed by atoms with E-state index in [-0.39, 0.29) is 6.61 Å². The van der Waals surface area contributed by atoms with Crippen LogP contribution >= 0.6 is 0 Å².